The molecule has 0 aliphatic carbocycles. The van der Waals surface area contributed by atoms with Crippen LogP contribution >= 0.6 is 11.3 Å². The Bertz CT molecular complexity index is 398. The van der Waals surface area contributed by atoms with Crippen molar-refractivity contribution >= 4 is 11.3 Å². The first-order valence-corrected chi connectivity index (χ1v) is 8.62. The zero-order chi connectivity index (χ0) is 13.1. The summed E-state index contributed by atoms with van der Waals surface area (Å²) < 4.78 is 0. The second kappa shape index (κ2) is 6.33. The Morgan fingerprint density at radius 3 is 3.11 bits per heavy atom. The van der Waals surface area contributed by atoms with Crippen LogP contribution in [0.25, 0.3) is 0 Å². The maximum absolute atomic E-state index is 4.71. The van der Waals surface area contributed by atoms with Gasteiger partial charge in [-0.25, -0.2) is 4.98 Å². The lowest BCUT2D eigenvalue weighted by atomic mass is 9.90. The third-order valence-corrected chi connectivity index (χ3v) is 5.54. The Labute approximate surface area is 120 Å². The second-order valence-corrected chi connectivity index (χ2v) is 6.87. The summed E-state index contributed by atoms with van der Waals surface area (Å²) >= 11 is 1.81. The van der Waals surface area contributed by atoms with E-state index in [1.54, 1.807) is 0 Å². The molecular formula is C15H25N3S. The van der Waals surface area contributed by atoms with Gasteiger partial charge in [-0.3, -0.25) is 4.90 Å². The minimum Gasteiger partial charge on any atom is -0.314 e. The van der Waals surface area contributed by atoms with Crippen molar-refractivity contribution in [2.24, 2.45) is 5.92 Å². The molecule has 2 atom stereocenters. The molecule has 106 valence electrons. The number of rotatable bonds is 4. The quantitative estimate of drug-likeness (QED) is 0.918. The monoisotopic (exact) mass is 279 g/mol. The normalized spacial score (nSPS) is 28.9. The molecule has 2 fully saturated rings. The summed E-state index contributed by atoms with van der Waals surface area (Å²) in [6.07, 6.45) is 6.58. The van der Waals surface area contributed by atoms with E-state index in [0.717, 1.165) is 24.9 Å². The summed E-state index contributed by atoms with van der Waals surface area (Å²) in [6, 6.07) is 0.782. The van der Waals surface area contributed by atoms with Crippen LogP contribution in [0.5, 0.6) is 0 Å². The molecule has 4 heteroatoms. The van der Waals surface area contributed by atoms with Gasteiger partial charge in [-0.2, -0.15) is 0 Å². The van der Waals surface area contributed by atoms with Crippen LogP contribution in [0, 0.1) is 5.92 Å². The summed E-state index contributed by atoms with van der Waals surface area (Å²) in [7, 11) is 0. The zero-order valence-electron chi connectivity index (χ0n) is 11.9. The fourth-order valence-corrected chi connectivity index (χ4v) is 4.23. The summed E-state index contributed by atoms with van der Waals surface area (Å²) in [5.74, 6) is 0.862. The highest BCUT2D eigenvalue weighted by Gasteiger charge is 2.29. The van der Waals surface area contributed by atoms with Gasteiger partial charge in [0.1, 0.15) is 0 Å². The molecule has 3 heterocycles. The molecule has 0 amide bonds. The van der Waals surface area contributed by atoms with Gasteiger partial charge in [-0.1, -0.05) is 6.92 Å². The van der Waals surface area contributed by atoms with Crippen molar-refractivity contribution < 1.29 is 0 Å². The molecule has 2 aliphatic rings. The SMILES string of the molecule is CCc1nc(CN2CCCC(C3CCCN3)C2)cs1. The van der Waals surface area contributed by atoms with Crippen molar-refractivity contribution in [1.29, 1.82) is 0 Å². The summed E-state index contributed by atoms with van der Waals surface area (Å²) in [5.41, 5.74) is 1.28. The van der Waals surface area contributed by atoms with E-state index in [1.807, 2.05) is 11.3 Å². The highest BCUT2D eigenvalue weighted by molar-refractivity contribution is 7.09. The molecular weight excluding hydrogens is 254 g/mol. The standard InChI is InChI=1S/C15H25N3S/c1-2-15-17-13(11-19-15)10-18-8-4-5-12(9-18)14-6-3-7-16-14/h11-12,14,16H,2-10H2,1H3. The highest BCUT2D eigenvalue weighted by atomic mass is 32.1. The van der Waals surface area contributed by atoms with Gasteiger partial charge >= 0.3 is 0 Å². The predicted molar refractivity (Wildman–Crippen MR) is 80.5 cm³/mol. The van der Waals surface area contributed by atoms with E-state index in [1.165, 1.54) is 56.0 Å². The van der Waals surface area contributed by atoms with Crippen molar-refractivity contribution in [1.82, 2.24) is 15.2 Å². The average Bonchev–Trinajstić information content (AvgIpc) is 3.10. The fraction of sp³-hybridized carbons (Fsp3) is 0.800. The smallest absolute Gasteiger partial charge is 0.0926 e. The van der Waals surface area contributed by atoms with Crippen LogP contribution in [-0.2, 0) is 13.0 Å². The lowest BCUT2D eigenvalue weighted by molar-refractivity contribution is 0.144. The Kier molecular flexibility index (Phi) is 4.51. The molecule has 0 bridgehead atoms. The van der Waals surface area contributed by atoms with E-state index in [-0.39, 0.29) is 0 Å². The van der Waals surface area contributed by atoms with Gasteiger partial charge in [-0.15, -0.1) is 11.3 Å². The first-order valence-electron chi connectivity index (χ1n) is 7.74. The van der Waals surface area contributed by atoms with Crippen LogP contribution in [0.3, 0.4) is 0 Å². The third-order valence-electron chi connectivity index (χ3n) is 4.50. The first kappa shape index (κ1) is 13.5. The Morgan fingerprint density at radius 2 is 2.37 bits per heavy atom. The van der Waals surface area contributed by atoms with E-state index < -0.39 is 0 Å². The number of nitrogens with one attached hydrogen (secondary N) is 1. The molecule has 3 nitrogen and oxygen atoms in total. The van der Waals surface area contributed by atoms with Gasteiger partial charge in [0.2, 0.25) is 0 Å². The van der Waals surface area contributed by atoms with E-state index in [2.05, 4.69) is 22.5 Å². The third kappa shape index (κ3) is 3.36. The van der Waals surface area contributed by atoms with Crippen molar-refractivity contribution in [2.45, 2.75) is 51.6 Å². The number of thiazole rings is 1. The van der Waals surface area contributed by atoms with E-state index >= 15 is 0 Å². The number of aromatic nitrogens is 1. The Balaban J connectivity index is 1.55. The molecule has 2 unspecified atom stereocenters. The van der Waals surface area contributed by atoms with Gasteiger partial charge in [0.25, 0.3) is 0 Å². The number of piperidine rings is 1. The first-order chi connectivity index (χ1) is 9.35. The molecule has 0 radical (unpaired) electrons. The van der Waals surface area contributed by atoms with Crippen LogP contribution in [0.1, 0.15) is 43.3 Å². The van der Waals surface area contributed by atoms with Gasteiger partial charge in [0, 0.05) is 24.5 Å². The molecule has 3 rings (SSSR count). The van der Waals surface area contributed by atoms with Crippen molar-refractivity contribution in [3.63, 3.8) is 0 Å². The number of aryl methyl sites for hydroxylation is 1. The molecule has 19 heavy (non-hydrogen) atoms. The minimum atomic E-state index is 0.782. The lowest BCUT2D eigenvalue weighted by Gasteiger charge is -2.35. The lowest BCUT2D eigenvalue weighted by Crippen LogP contribution is -2.43. The molecule has 0 spiro atoms. The highest BCUT2D eigenvalue weighted by Crippen LogP contribution is 2.25. The maximum Gasteiger partial charge on any atom is 0.0926 e. The van der Waals surface area contributed by atoms with Gasteiger partial charge in [0.05, 0.1) is 10.7 Å². The molecule has 1 aromatic heterocycles. The van der Waals surface area contributed by atoms with Crippen molar-refractivity contribution in [3.05, 3.63) is 16.1 Å². The largest absolute Gasteiger partial charge is 0.314 e. The van der Waals surface area contributed by atoms with Crippen LogP contribution in [0.2, 0.25) is 0 Å². The van der Waals surface area contributed by atoms with Gasteiger partial charge < -0.3 is 5.32 Å². The number of hydrogen-bond acceptors (Lipinski definition) is 4. The Hall–Kier alpha value is -0.450. The topological polar surface area (TPSA) is 28.2 Å². The van der Waals surface area contributed by atoms with Crippen molar-refractivity contribution in [3.8, 4) is 0 Å². The summed E-state index contributed by atoms with van der Waals surface area (Å²) in [4.78, 5) is 7.32. The van der Waals surface area contributed by atoms with Gasteiger partial charge in [-0.05, 0) is 51.1 Å². The number of hydrogen-bond donors (Lipinski definition) is 1. The predicted octanol–water partition coefficient (Wildman–Crippen LogP) is 2.67. The Morgan fingerprint density at radius 1 is 1.42 bits per heavy atom. The summed E-state index contributed by atoms with van der Waals surface area (Å²) in [6.45, 7) is 6.98. The van der Waals surface area contributed by atoms with Crippen LogP contribution in [0.15, 0.2) is 5.38 Å². The zero-order valence-corrected chi connectivity index (χ0v) is 12.7. The molecule has 0 saturated carbocycles. The molecule has 0 aromatic carbocycles. The average molecular weight is 279 g/mol. The minimum absolute atomic E-state index is 0.782. The molecule has 1 aromatic rings. The second-order valence-electron chi connectivity index (χ2n) is 5.93. The number of likely N-dealkylation sites (tertiary alicyclic amines) is 1. The van der Waals surface area contributed by atoms with E-state index in [0.29, 0.717) is 0 Å². The van der Waals surface area contributed by atoms with Gasteiger partial charge in [0.15, 0.2) is 0 Å². The molecule has 2 saturated heterocycles. The fourth-order valence-electron chi connectivity index (χ4n) is 3.49. The number of nitrogens with zero attached hydrogens (tertiary/aromatic N) is 2. The van der Waals surface area contributed by atoms with Crippen LogP contribution in [0.4, 0.5) is 0 Å². The molecule has 2 aliphatic heterocycles. The van der Waals surface area contributed by atoms with Crippen LogP contribution in [-0.4, -0.2) is 35.6 Å². The van der Waals surface area contributed by atoms with Crippen LogP contribution < -0.4 is 5.32 Å². The maximum atomic E-state index is 4.71. The summed E-state index contributed by atoms with van der Waals surface area (Å²) in [5, 5.41) is 7.21. The van der Waals surface area contributed by atoms with E-state index in [9.17, 15) is 0 Å². The van der Waals surface area contributed by atoms with E-state index in [4.69, 9.17) is 4.98 Å². The molecule has 1 N–H and O–H groups in total. The van der Waals surface area contributed by atoms with Crippen molar-refractivity contribution in [2.75, 3.05) is 19.6 Å².